The number of halogens is 2. The summed E-state index contributed by atoms with van der Waals surface area (Å²) < 4.78 is 5.91. The summed E-state index contributed by atoms with van der Waals surface area (Å²) in [6.07, 6.45) is 4.50. The molecule has 1 fully saturated rings. The molecule has 0 saturated heterocycles. The molecule has 7 heteroatoms. The number of rotatable bonds is 10. The van der Waals surface area contributed by atoms with E-state index in [-0.39, 0.29) is 31.0 Å². The van der Waals surface area contributed by atoms with Crippen LogP contribution in [0.1, 0.15) is 47.9 Å². The number of hydrogen-bond donors (Lipinski definition) is 1. The Morgan fingerprint density at radius 2 is 1.66 bits per heavy atom. The van der Waals surface area contributed by atoms with Gasteiger partial charge in [0.05, 0.1) is 10.0 Å². The molecule has 0 radical (unpaired) electrons. The highest BCUT2D eigenvalue weighted by molar-refractivity contribution is 6.42. The number of carbonyl (C=O) groups excluding carboxylic acids is 2. The minimum atomic E-state index is -0.719. The van der Waals surface area contributed by atoms with Crippen LogP contribution in [0.5, 0.6) is 5.75 Å². The molecule has 1 atom stereocenters. The molecule has 38 heavy (non-hydrogen) atoms. The van der Waals surface area contributed by atoms with Crippen LogP contribution >= 0.6 is 23.2 Å². The van der Waals surface area contributed by atoms with E-state index in [0.29, 0.717) is 22.2 Å². The largest absolute Gasteiger partial charge is 0.484 e. The van der Waals surface area contributed by atoms with E-state index in [1.807, 2.05) is 68.4 Å². The van der Waals surface area contributed by atoms with Crippen LogP contribution in [0.25, 0.3) is 0 Å². The molecule has 0 spiro atoms. The SMILES string of the molecule is Cc1ccc(OCC(=O)N(Cc2ccc(Cl)c(Cl)c2)C(Cc2ccccc2)C(=O)NC2CCCC2)cc1C. The molecule has 4 rings (SSSR count). The lowest BCUT2D eigenvalue weighted by Gasteiger charge is -2.32. The summed E-state index contributed by atoms with van der Waals surface area (Å²) >= 11 is 12.4. The van der Waals surface area contributed by atoms with Crippen molar-refractivity contribution in [3.05, 3.63) is 99.0 Å². The minimum absolute atomic E-state index is 0.134. The lowest BCUT2D eigenvalue weighted by molar-refractivity contribution is -0.143. The van der Waals surface area contributed by atoms with E-state index in [1.54, 1.807) is 17.0 Å². The molecule has 1 aliphatic rings. The number of hydrogen-bond acceptors (Lipinski definition) is 3. The Morgan fingerprint density at radius 1 is 0.921 bits per heavy atom. The zero-order valence-electron chi connectivity index (χ0n) is 21.9. The highest BCUT2D eigenvalue weighted by Gasteiger charge is 2.32. The molecule has 0 heterocycles. The van der Waals surface area contributed by atoms with Crippen LogP contribution in [0.3, 0.4) is 0 Å². The van der Waals surface area contributed by atoms with Crippen LogP contribution in [0.15, 0.2) is 66.7 Å². The maximum Gasteiger partial charge on any atom is 0.261 e. The van der Waals surface area contributed by atoms with E-state index in [9.17, 15) is 9.59 Å². The molecule has 1 N–H and O–H groups in total. The van der Waals surface area contributed by atoms with Gasteiger partial charge in [-0.1, -0.05) is 78.5 Å². The van der Waals surface area contributed by atoms with Crippen LogP contribution in [0, 0.1) is 13.8 Å². The van der Waals surface area contributed by atoms with Crippen LogP contribution in [0.2, 0.25) is 10.0 Å². The predicted octanol–water partition coefficient (Wildman–Crippen LogP) is 6.69. The molecule has 1 aliphatic carbocycles. The summed E-state index contributed by atoms with van der Waals surface area (Å²) in [5.41, 5.74) is 3.99. The first-order chi connectivity index (χ1) is 18.3. The summed E-state index contributed by atoms with van der Waals surface area (Å²) in [5.74, 6) is 0.183. The van der Waals surface area contributed by atoms with Crippen molar-refractivity contribution in [1.29, 1.82) is 0 Å². The standard InChI is InChI=1S/C31H34Cl2N2O3/c1-21-12-14-26(16-22(21)2)38-20-30(36)35(19-24-13-15-27(32)28(33)17-24)29(18-23-8-4-3-5-9-23)31(37)34-25-10-6-7-11-25/h3-5,8-9,12-17,25,29H,6-7,10-11,18-20H2,1-2H3,(H,34,37). The molecule has 0 aromatic heterocycles. The van der Waals surface area contributed by atoms with E-state index in [1.165, 1.54) is 0 Å². The molecule has 5 nitrogen and oxygen atoms in total. The summed E-state index contributed by atoms with van der Waals surface area (Å²) in [6.45, 7) is 4.04. The van der Waals surface area contributed by atoms with Crippen molar-refractivity contribution < 1.29 is 14.3 Å². The Balaban J connectivity index is 1.63. The average Bonchev–Trinajstić information content (AvgIpc) is 3.42. The molecule has 1 unspecified atom stereocenters. The van der Waals surface area contributed by atoms with E-state index < -0.39 is 6.04 Å². The summed E-state index contributed by atoms with van der Waals surface area (Å²) in [5, 5.41) is 4.04. The Morgan fingerprint density at radius 3 is 2.34 bits per heavy atom. The molecule has 0 bridgehead atoms. The van der Waals surface area contributed by atoms with Gasteiger partial charge in [0.25, 0.3) is 5.91 Å². The van der Waals surface area contributed by atoms with E-state index in [2.05, 4.69) is 5.32 Å². The van der Waals surface area contributed by atoms with Gasteiger partial charge in [-0.2, -0.15) is 0 Å². The molecule has 3 aromatic carbocycles. The quantitative estimate of drug-likeness (QED) is 0.305. The lowest BCUT2D eigenvalue weighted by Crippen LogP contribution is -2.53. The lowest BCUT2D eigenvalue weighted by atomic mass is 10.0. The van der Waals surface area contributed by atoms with Crippen LogP contribution < -0.4 is 10.1 Å². The number of amides is 2. The van der Waals surface area contributed by atoms with Gasteiger partial charge in [-0.3, -0.25) is 9.59 Å². The molecule has 1 saturated carbocycles. The Kier molecular flexibility index (Phi) is 9.70. The van der Waals surface area contributed by atoms with Crippen molar-refractivity contribution in [3.8, 4) is 5.75 Å². The van der Waals surface area contributed by atoms with Crippen molar-refractivity contribution >= 4 is 35.0 Å². The topological polar surface area (TPSA) is 58.6 Å². The van der Waals surface area contributed by atoms with Gasteiger partial charge in [-0.25, -0.2) is 0 Å². The molecule has 2 amide bonds. The van der Waals surface area contributed by atoms with Gasteiger partial charge in [0.15, 0.2) is 6.61 Å². The Labute approximate surface area is 235 Å². The molecule has 200 valence electrons. The van der Waals surface area contributed by atoms with Gasteiger partial charge < -0.3 is 15.0 Å². The van der Waals surface area contributed by atoms with Crippen molar-refractivity contribution in [2.75, 3.05) is 6.61 Å². The molecular formula is C31H34Cl2N2O3. The van der Waals surface area contributed by atoms with Gasteiger partial charge >= 0.3 is 0 Å². The number of nitrogens with one attached hydrogen (secondary N) is 1. The van der Waals surface area contributed by atoms with Gasteiger partial charge in [0.1, 0.15) is 11.8 Å². The highest BCUT2D eigenvalue weighted by atomic mass is 35.5. The first-order valence-electron chi connectivity index (χ1n) is 13.1. The number of aryl methyl sites for hydroxylation is 2. The first-order valence-corrected chi connectivity index (χ1v) is 13.8. The highest BCUT2D eigenvalue weighted by Crippen LogP contribution is 2.25. The van der Waals surface area contributed by atoms with Crippen LogP contribution in [-0.2, 0) is 22.6 Å². The second kappa shape index (κ2) is 13.2. The monoisotopic (exact) mass is 552 g/mol. The zero-order valence-corrected chi connectivity index (χ0v) is 23.4. The van der Waals surface area contributed by atoms with Crippen molar-refractivity contribution in [1.82, 2.24) is 10.2 Å². The van der Waals surface area contributed by atoms with Crippen molar-refractivity contribution in [2.24, 2.45) is 0 Å². The van der Waals surface area contributed by atoms with Crippen LogP contribution in [0.4, 0.5) is 0 Å². The second-order valence-electron chi connectivity index (χ2n) is 10.0. The van der Waals surface area contributed by atoms with Gasteiger partial charge in [-0.15, -0.1) is 0 Å². The van der Waals surface area contributed by atoms with Crippen molar-refractivity contribution in [2.45, 2.75) is 64.6 Å². The maximum atomic E-state index is 13.8. The average molecular weight is 554 g/mol. The molecule has 0 aliphatic heterocycles. The maximum absolute atomic E-state index is 13.8. The van der Waals surface area contributed by atoms with E-state index in [4.69, 9.17) is 27.9 Å². The minimum Gasteiger partial charge on any atom is -0.484 e. The zero-order chi connectivity index (χ0) is 27.1. The Bertz CT molecular complexity index is 1260. The van der Waals surface area contributed by atoms with Crippen LogP contribution in [-0.4, -0.2) is 35.4 Å². The third kappa shape index (κ3) is 7.52. The summed E-state index contributed by atoms with van der Waals surface area (Å²) in [7, 11) is 0. The van der Waals surface area contributed by atoms with E-state index in [0.717, 1.165) is 47.9 Å². The number of carbonyl (C=O) groups is 2. The first kappa shape index (κ1) is 28.0. The molecule has 3 aromatic rings. The van der Waals surface area contributed by atoms with E-state index >= 15 is 0 Å². The fourth-order valence-electron chi connectivity index (χ4n) is 4.79. The predicted molar refractivity (Wildman–Crippen MR) is 153 cm³/mol. The Hall–Kier alpha value is -3.02. The normalized spacial score (nSPS) is 14.2. The smallest absolute Gasteiger partial charge is 0.261 e. The molecular weight excluding hydrogens is 519 g/mol. The third-order valence-corrected chi connectivity index (χ3v) is 7.89. The third-order valence-electron chi connectivity index (χ3n) is 7.15. The fraction of sp³-hybridized carbons (Fsp3) is 0.355. The summed E-state index contributed by atoms with van der Waals surface area (Å²) in [6, 6.07) is 20.2. The van der Waals surface area contributed by atoms with Gasteiger partial charge in [-0.05, 0) is 73.2 Å². The van der Waals surface area contributed by atoms with Gasteiger partial charge in [0, 0.05) is 19.0 Å². The number of ether oxygens (including phenoxy) is 1. The van der Waals surface area contributed by atoms with Crippen molar-refractivity contribution in [3.63, 3.8) is 0 Å². The summed E-state index contributed by atoms with van der Waals surface area (Å²) in [4.78, 5) is 29.1. The second-order valence-corrected chi connectivity index (χ2v) is 10.8. The number of benzene rings is 3. The van der Waals surface area contributed by atoms with Gasteiger partial charge in [0.2, 0.25) is 5.91 Å². The fourth-order valence-corrected chi connectivity index (χ4v) is 5.11. The number of nitrogens with zero attached hydrogens (tertiary/aromatic N) is 1.